The second-order valence-electron chi connectivity index (χ2n) is 3.22. The molecule has 0 radical (unpaired) electrons. The van der Waals surface area contributed by atoms with Crippen molar-refractivity contribution < 1.29 is 4.74 Å². The Morgan fingerprint density at radius 2 is 2.07 bits per heavy atom. The van der Waals surface area contributed by atoms with Crippen LogP contribution in [0.4, 0.5) is 0 Å². The van der Waals surface area contributed by atoms with Crippen LogP contribution in [-0.4, -0.2) is 11.6 Å². The molecule has 0 N–H and O–H groups in total. The molecule has 0 aliphatic rings. The number of rotatable bonds is 6. The van der Waals surface area contributed by atoms with E-state index in [-0.39, 0.29) is 0 Å². The summed E-state index contributed by atoms with van der Waals surface area (Å²) >= 11 is 11.5. The van der Waals surface area contributed by atoms with Crippen molar-refractivity contribution in [3.05, 3.63) is 23.5 Å². The topological polar surface area (TPSA) is 22.1 Å². The van der Waals surface area contributed by atoms with Gasteiger partial charge < -0.3 is 4.74 Å². The van der Waals surface area contributed by atoms with Crippen LogP contribution in [0.2, 0.25) is 0 Å². The van der Waals surface area contributed by atoms with Gasteiger partial charge >= 0.3 is 0 Å². The van der Waals surface area contributed by atoms with E-state index in [1.165, 1.54) is 0 Å². The van der Waals surface area contributed by atoms with Gasteiger partial charge in [0.05, 0.1) is 29.8 Å². The van der Waals surface area contributed by atoms with Crippen LogP contribution in [0.3, 0.4) is 0 Å². The Bertz CT molecular complexity index is 305. The van der Waals surface area contributed by atoms with Gasteiger partial charge in [-0.15, -0.1) is 23.2 Å². The molecule has 84 valence electrons. The zero-order chi connectivity index (χ0) is 11.1. The summed E-state index contributed by atoms with van der Waals surface area (Å²) in [5.41, 5.74) is 1.60. The van der Waals surface area contributed by atoms with E-state index in [1.54, 1.807) is 0 Å². The van der Waals surface area contributed by atoms with Gasteiger partial charge in [-0.2, -0.15) is 0 Å². The Morgan fingerprint density at radius 1 is 1.27 bits per heavy atom. The van der Waals surface area contributed by atoms with Crippen LogP contribution in [0, 0.1) is 0 Å². The molecule has 0 fully saturated rings. The fourth-order valence-corrected chi connectivity index (χ4v) is 1.50. The molecule has 0 amide bonds. The highest BCUT2D eigenvalue weighted by Gasteiger charge is 2.05. The molecule has 0 aliphatic carbocycles. The maximum Gasteiger partial charge on any atom is 0.142 e. The number of aromatic nitrogens is 1. The molecule has 15 heavy (non-hydrogen) atoms. The fourth-order valence-electron chi connectivity index (χ4n) is 1.16. The SMILES string of the molecule is CCCCOc1ccc(CCl)nc1CCl. The number of alkyl halides is 2. The number of unbranched alkanes of at least 4 members (excludes halogenated alkanes) is 1. The van der Waals surface area contributed by atoms with E-state index in [0.717, 1.165) is 30.0 Å². The summed E-state index contributed by atoms with van der Waals surface area (Å²) < 4.78 is 5.58. The minimum absolute atomic E-state index is 0.353. The average molecular weight is 248 g/mol. The molecular formula is C11H15Cl2NO. The Kier molecular flexibility index (Phi) is 5.81. The lowest BCUT2D eigenvalue weighted by molar-refractivity contribution is 0.305. The first kappa shape index (κ1) is 12.6. The van der Waals surface area contributed by atoms with E-state index >= 15 is 0 Å². The van der Waals surface area contributed by atoms with E-state index in [0.29, 0.717) is 18.4 Å². The van der Waals surface area contributed by atoms with Crippen LogP contribution in [0.1, 0.15) is 31.2 Å². The summed E-state index contributed by atoms with van der Waals surface area (Å²) in [6, 6.07) is 3.75. The molecule has 0 spiro atoms. The van der Waals surface area contributed by atoms with E-state index in [4.69, 9.17) is 27.9 Å². The summed E-state index contributed by atoms with van der Waals surface area (Å²) in [7, 11) is 0. The van der Waals surface area contributed by atoms with Crippen molar-refractivity contribution in [2.24, 2.45) is 0 Å². The van der Waals surface area contributed by atoms with Gasteiger partial charge in [0.1, 0.15) is 5.75 Å². The summed E-state index contributed by atoms with van der Waals surface area (Å²) in [6.45, 7) is 2.84. The van der Waals surface area contributed by atoms with Crippen molar-refractivity contribution >= 4 is 23.2 Å². The highest BCUT2D eigenvalue weighted by atomic mass is 35.5. The standard InChI is InChI=1S/C11H15Cl2NO/c1-2-3-6-15-11-5-4-9(7-12)14-10(11)8-13/h4-5H,2-3,6-8H2,1H3. The number of nitrogens with zero attached hydrogens (tertiary/aromatic N) is 1. The number of ether oxygens (including phenoxy) is 1. The van der Waals surface area contributed by atoms with Crippen molar-refractivity contribution in [3.8, 4) is 5.75 Å². The molecule has 1 aromatic rings. The van der Waals surface area contributed by atoms with Gasteiger partial charge in [-0.05, 0) is 18.6 Å². The molecule has 0 saturated carbocycles. The molecule has 0 bridgehead atoms. The molecule has 1 rings (SSSR count). The number of hydrogen-bond donors (Lipinski definition) is 0. The van der Waals surface area contributed by atoms with Crippen molar-refractivity contribution in [2.45, 2.75) is 31.5 Å². The average Bonchev–Trinajstić information content (AvgIpc) is 2.29. The molecule has 2 nitrogen and oxygen atoms in total. The second kappa shape index (κ2) is 6.91. The second-order valence-corrected chi connectivity index (χ2v) is 3.75. The Morgan fingerprint density at radius 3 is 2.67 bits per heavy atom. The molecule has 0 unspecified atom stereocenters. The van der Waals surface area contributed by atoms with Gasteiger partial charge in [-0.3, -0.25) is 4.98 Å². The van der Waals surface area contributed by atoms with Gasteiger partial charge in [-0.1, -0.05) is 13.3 Å². The van der Waals surface area contributed by atoms with E-state index in [9.17, 15) is 0 Å². The minimum Gasteiger partial charge on any atom is -0.492 e. The highest BCUT2D eigenvalue weighted by Crippen LogP contribution is 2.19. The van der Waals surface area contributed by atoms with Gasteiger partial charge in [0, 0.05) is 0 Å². The molecule has 1 aromatic heterocycles. The molecule has 0 aliphatic heterocycles. The predicted molar refractivity (Wildman–Crippen MR) is 63.8 cm³/mol. The maximum atomic E-state index is 5.79. The van der Waals surface area contributed by atoms with Crippen LogP contribution >= 0.6 is 23.2 Å². The normalized spacial score (nSPS) is 10.3. The van der Waals surface area contributed by atoms with Crippen LogP contribution in [0.5, 0.6) is 5.75 Å². The third-order valence-corrected chi connectivity index (χ3v) is 2.54. The molecule has 1 heterocycles. The lowest BCUT2D eigenvalue weighted by atomic mass is 10.3. The highest BCUT2D eigenvalue weighted by molar-refractivity contribution is 6.17. The minimum atomic E-state index is 0.353. The first-order valence-corrected chi connectivity index (χ1v) is 6.12. The Balaban J connectivity index is 2.69. The van der Waals surface area contributed by atoms with Crippen molar-refractivity contribution in [2.75, 3.05) is 6.61 Å². The van der Waals surface area contributed by atoms with Crippen LogP contribution in [0.15, 0.2) is 12.1 Å². The molecule has 4 heteroatoms. The summed E-state index contributed by atoms with van der Waals surface area (Å²) in [4.78, 5) is 4.30. The lowest BCUT2D eigenvalue weighted by Crippen LogP contribution is -2.02. The van der Waals surface area contributed by atoms with Crippen molar-refractivity contribution in [1.82, 2.24) is 4.98 Å². The number of pyridine rings is 1. The predicted octanol–water partition coefficient (Wildman–Crippen LogP) is 3.74. The lowest BCUT2D eigenvalue weighted by Gasteiger charge is -2.09. The van der Waals surface area contributed by atoms with Gasteiger partial charge in [0.25, 0.3) is 0 Å². The Labute approximate surface area is 101 Å². The van der Waals surface area contributed by atoms with Gasteiger partial charge in [-0.25, -0.2) is 0 Å². The molecule has 0 aromatic carbocycles. The first-order valence-electron chi connectivity index (χ1n) is 5.05. The van der Waals surface area contributed by atoms with E-state index in [1.807, 2.05) is 12.1 Å². The van der Waals surface area contributed by atoms with Crippen LogP contribution in [0.25, 0.3) is 0 Å². The molecule has 0 saturated heterocycles. The maximum absolute atomic E-state index is 5.79. The van der Waals surface area contributed by atoms with Crippen LogP contribution < -0.4 is 4.74 Å². The molecular weight excluding hydrogens is 233 g/mol. The third kappa shape index (κ3) is 3.88. The number of hydrogen-bond acceptors (Lipinski definition) is 2. The van der Waals surface area contributed by atoms with Gasteiger partial charge in [0.2, 0.25) is 0 Å². The van der Waals surface area contributed by atoms with Crippen molar-refractivity contribution in [3.63, 3.8) is 0 Å². The smallest absolute Gasteiger partial charge is 0.142 e. The summed E-state index contributed by atoms with van der Waals surface area (Å²) in [5.74, 6) is 1.53. The molecule has 0 atom stereocenters. The first-order chi connectivity index (χ1) is 7.31. The number of halogens is 2. The zero-order valence-electron chi connectivity index (χ0n) is 8.80. The Hall–Kier alpha value is -0.470. The third-order valence-electron chi connectivity index (χ3n) is 2.01. The largest absolute Gasteiger partial charge is 0.492 e. The quantitative estimate of drug-likeness (QED) is 0.565. The zero-order valence-corrected chi connectivity index (χ0v) is 10.3. The van der Waals surface area contributed by atoms with Crippen molar-refractivity contribution in [1.29, 1.82) is 0 Å². The summed E-state index contributed by atoms with van der Waals surface area (Å²) in [6.07, 6.45) is 2.16. The van der Waals surface area contributed by atoms with Gasteiger partial charge in [0.15, 0.2) is 0 Å². The van der Waals surface area contributed by atoms with Crippen LogP contribution in [-0.2, 0) is 11.8 Å². The van der Waals surface area contributed by atoms with E-state index < -0.39 is 0 Å². The monoisotopic (exact) mass is 247 g/mol. The summed E-state index contributed by atoms with van der Waals surface area (Å²) in [5, 5.41) is 0. The van der Waals surface area contributed by atoms with E-state index in [2.05, 4.69) is 11.9 Å². The fraction of sp³-hybridized carbons (Fsp3) is 0.545.